The number of amides is 1. The Labute approximate surface area is 65.3 Å². The summed E-state index contributed by atoms with van der Waals surface area (Å²) >= 11 is 0. The molecule has 0 N–H and O–H groups in total. The molecule has 1 atom stereocenters. The molecule has 4 nitrogen and oxygen atoms in total. The molecule has 0 fully saturated rings. The van der Waals surface area contributed by atoms with E-state index in [1.165, 1.54) is 20.2 Å². The van der Waals surface area contributed by atoms with E-state index in [0.717, 1.165) is 0 Å². The van der Waals surface area contributed by atoms with Gasteiger partial charge < -0.3 is 4.74 Å². The minimum Gasteiger partial charge on any atom is -0.451 e. The number of carbonyl (C=O) groups is 2. The Hall–Kier alpha value is -1.19. The van der Waals surface area contributed by atoms with Gasteiger partial charge in [-0.1, -0.05) is 6.92 Å². The summed E-state index contributed by atoms with van der Waals surface area (Å²) in [7, 11) is 1.23. The number of carbonyl (C=O) groups excluding carboxylic acids is 2. The van der Waals surface area contributed by atoms with Crippen LogP contribution in [-0.2, 0) is 9.53 Å². The van der Waals surface area contributed by atoms with Crippen molar-refractivity contribution in [1.82, 2.24) is 0 Å². The normalized spacial score (nSPS) is 13.0. The number of methoxy groups -OCH3 is 1. The van der Waals surface area contributed by atoms with Gasteiger partial charge in [-0.25, -0.2) is 4.79 Å². The first-order valence-electron chi connectivity index (χ1n) is 3.20. The maximum atomic E-state index is 10.6. The summed E-state index contributed by atoms with van der Waals surface area (Å²) in [4.78, 5) is 24.4. The monoisotopic (exact) mass is 157 g/mol. The molecule has 0 spiro atoms. The lowest BCUT2D eigenvalue weighted by molar-refractivity contribution is -0.118. The Morgan fingerprint density at radius 2 is 2.09 bits per heavy atom. The summed E-state index contributed by atoms with van der Waals surface area (Å²) in [6.07, 6.45) is 0.590. The number of aliphatic imine (C=N–C) groups is 1. The SMILES string of the molecule is COC(=O)N=CC(C)C(C)=O. The molecular formula is C7H11NO3. The highest BCUT2D eigenvalue weighted by atomic mass is 16.5. The zero-order valence-corrected chi connectivity index (χ0v) is 6.83. The summed E-state index contributed by atoms with van der Waals surface area (Å²) < 4.78 is 4.23. The zero-order valence-electron chi connectivity index (χ0n) is 6.83. The van der Waals surface area contributed by atoms with E-state index in [9.17, 15) is 9.59 Å². The lowest BCUT2D eigenvalue weighted by Crippen LogP contribution is -2.08. The van der Waals surface area contributed by atoms with Crippen LogP contribution >= 0.6 is 0 Å². The largest absolute Gasteiger partial charge is 0.451 e. The van der Waals surface area contributed by atoms with E-state index in [0.29, 0.717) is 0 Å². The molecule has 0 aliphatic heterocycles. The fraction of sp³-hybridized carbons (Fsp3) is 0.571. The Kier molecular flexibility index (Phi) is 4.10. The first-order chi connectivity index (χ1) is 5.07. The molecule has 1 amide bonds. The molecule has 0 aliphatic rings. The maximum absolute atomic E-state index is 10.6. The molecule has 4 heteroatoms. The van der Waals surface area contributed by atoms with Crippen LogP contribution in [0.1, 0.15) is 13.8 Å². The van der Waals surface area contributed by atoms with Crippen molar-refractivity contribution in [2.75, 3.05) is 7.11 Å². The minimum atomic E-state index is -0.682. The van der Waals surface area contributed by atoms with E-state index in [4.69, 9.17) is 0 Å². The zero-order chi connectivity index (χ0) is 8.85. The first kappa shape index (κ1) is 9.81. The van der Waals surface area contributed by atoms with Crippen molar-refractivity contribution >= 4 is 18.1 Å². The van der Waals surface area contributed by atoms with E-state index in [2.05, 4.69) is 9.73 Å². The number of Topliss-reactive ketones (excluding diaryl/α,β-unsaturated/α-hetero) is 1. The highest BCUT2D eigenvalue weighted by molar-refractivity contribution is 5.95. The third kappa shape index (κ3) is 4.25. The van der Waals surface area contributed by atoms with Gasteiger partial charge in [0, 0.05) is 6.21 Å². The maximum Gasteiger partial charge on any atom is 0.432 e. The molecule has 0 bridgehead atoms. The molecule has 0 radical (unpaired) electrons. The number of rotatable bonds is 2. The van der Waals surface area contributed by atoms with Gasteiger partial charge in [-0.2, -0.15) is 4.99 Å². The lowest BCUT2D eigenvalue weighted by atomic mass is 10.1. The van der Waals surface area contributed by atoms with Crippen molar-refractivity contribution < 1.29 is 14.3 Å². The van der Waals surface area contributed by atoms with Crippen LogP contribution in [0.5, 0.6) is 0 Å². The smallest absolute Gasteiger partial charge is 0.432 e. The molecular weight excluding hydrogens is 146 g/mol. The summed E-state index contributed by atoms with van der Waals surface area (Å²) in [5, 5.41) is 0. The molecule has 0 aliphatic carbocycles. The fourth-order valence-electron chi connectivity index (χ4n) is 0.330. The van der Waals surface area contributed by atoms with Gasteiger partial charge in [0.15, 0.2) is 0 Å². The average molecular weight is 157 g/mol. The van der Waals surface area contributed by atoms with Gasteiger partial charge in [0.05, 0.1) is 13.0 Å². The van der Waals surface area contributed by atoms with Crippen LogP contribution < -0.4 is 0 Å². The topological polar surface area (TPSA) is 55.7 Å². The van der Waals surface area contributed by atoms with Gasteiger partial charge in [0.2, 0.25) is 0 Å². The van der Waals surface area contributed by atoms with Crippen LogP contribution in [0.2, 0.25) is 0 Å². The molecule has 1 unspecified atom stereocenters. The molecule has 0 saturated carbocycles. The number of ether oxygens (including phenoxy) is 1. The summed E-state index contributed by atoms with van der Waals surface area (Å²) in [5.41, 5.74) is 0. The van der Waals surface area contributed by atoms with Crippen molar-refractivity contribution in [3.63, 3.8) is 0 Å². The van der Waals surface area contributed by atoms with Gasteiger partial charge in [0.25, 0.3) is 0 Å². The van der Waals surface area contributed by atoms with Crippen molar-refractivity contribution in [2.45, 2.75) is 13.8 Å². The Balaban J connectivity index is 3.92. The molecule has 0 heterocycles. The fourth-order valence-corrected chi connectivity index (χ4v) is 0.330. The minimum absolute atomic E-state index is 0.0300. The number of nitrogens with zero attached hydrogens (tertiary/aromatic N) is 1. The van der Waals surface area contributed by atoms with Crippen LogP contribution in [0.4, 0.5) is 4.79 Å². The van der Waals surface area contributed by atoms with Crippen LogP contribution in [0, 0.1) is 5.92 Å². The third-order valence-corrected chi connectivity index (χ3v) is 1.22. The standard InChI is InChI=1S/C7H11NO3/c1-5(6(2)9)4-8-7(10)11-3/h4-5H,1-3H3. The quantitative estimate of drug-likeness (QED) is 0.563. The molecule has 0 saturated heterocycles. The molecule has 0 aromatic rings. The number of hydrogen-bond acceptors (Lipinski definition) is 3. The van der Waals surface area contributed by atoms with Crippen molar-refractivity contribution in [1.29, 1.82) is 0 Å². The summed E-state index contributed by atoms with van der Waals surface area (Å²) in [5.74, 6) is -0.355. The molecule has 11 heavy (non-hydrogen) atoms. The van der Waals surface area contributed by atoms with Gasteiger partial charge in [-0.15, -0.1) is 0 Å². The Bertz CT molecular complexity index is 186. The van der Waals surface area contributed by atoms with E-state index < -0.39 is 6.09 Å². The summed E-state index contributed by atoms with van der Waals surface area (Å²) in [6.45, 7) is 3.10. The predicted octanol–water partition coefficient (Wildman–Crippen LogP) is 1.05. The number of ketones is 1. The van der Waals surface area contributed by atoms with Gasteiger partial charge in [-0.3, -0.25) is 4.79 Å². The van der Waals surface area contributed by atoms with Crippen LogP contribution in [0.15, 0.2) is 4.99 Å². The Morgan fingerprint density at radius 1 is 1.55 bits per heavy atom. The molecule has 62 valence electrons. The van der Waals surface area contributed by atoms with Crippen LogP contribution in [0.25, 0.3) is 0 Å². The van der Waals surface area contributed by atoms with Crippen molar-refractivity contribution in [3.05, 3.63) is 0 Å². The third-order valence-electron chi connectivity index (χ3n) is 1.22. The van der Waals surface area contributed by atoms with E-state index >= 15 is 0 Å². The first-order valence-corrected chi connectivity index (χ1v) is 3.20. The van der Waals surface area contributed by atoms with Crippen molar-refractivity contribution in [2.24, 2.45) is 10.9 Å². The van der Waals surface area contributed by atoms with Gasteiger partial charge in [-0.05, 0) is 6.92 Å². The average Bonchev–Trinajstić information content (AvgIpc) is 1.99. The second kappa shape index (κ2) is 4.60. The molecule has 0 aromatic heterocycles. The second-order valence-corrected chi connectivity index (χ2v) is 2.15. The lowest BCUT2D eigenvalue weighted by Gasteiger charge is -1.96. The summed E-state index contributed by atoms with van der Waals surface area (Å²) in [6, 6.07) is 0. The van der Waals surface area contributed by atoms with Crippen LogP contribution in [0.3, 0.4) is 0 Å². The molecule has 0 rings (SSSR count). The predicted molar refractivity (Wildman–Crippen MR) is 40.7 cm³/mol. The van der Waals surface area contributed by atoms with Gasteiger partial charge in [0.1, 0.15) is 5.78 Å². The highest BCUT2D eigenvalue weighted by Gasteiger charge is 2.03. The van der Waals surface area contributed by atoms with E-state index in [1.807, 2.05) is 0 Å². The van der Waals surface area contributed by atoms with Crippen molar-refractivity contribution in [3.8, 4) is 0 Å². The Morgan fingerprint density at radius 3 is 2.45 bits per heavy atom. The highest BCUT2D eigenvalue weighted by Crippen LogP contribution is 1.92. The van der Waals surface area contributed by atoms with E-state index in [-0.39, 0.29) is 11.7 Å². The second-order valence-electron chi connectivity index (χ2n) is 2.15. The number of hydrogen-bond donors (Lipinski definition) is 0. The molecule has 0 aromatic carbocycles. The van der Waals surface area contributed by atoms with Crippen LogP contribution in [-0.4, -0.2) is 25.2 Å². The van der Waals surface area contributed by atoms with Gasteiger partial charge >= 0.3 is 6.09 Å². The van der Waals surface area contributed by atoms with E-state index in [1.54, 1.807) is 6.92 Å².